The Kier molecular flexibility index (Phi) is 5.25. The van der Waals surface area contributed by atoms with E-state index in [1.165, 1.54) is 16.7 Å². The van der Waals surface area contributed by atoms with Crippen molar-refractivity contribution in [2.75, 3.05) is 0 Å². The van der Waals surface area contributed by atoms with Crippen molar-refractivity contribution in [2.45, 2.75) is 13.0 Å². The summed E-state index contributed by atoms with van der Waals surface area (Å²) in [5.74, 6) is 0.907. The minimum absolute atomic E-state index is 0.605. The van der Waals surface area contributed by atoms with Crippen molar-refractivity contribution in [1.29, 1.82) is 0 Å². The summed E-state index contributed by atoms with van der Waals surface area (Å²) >= 11 is 0. The molecule has 0 aliphatic heterocycles. The van der Waals surface area contributed by atoms with Gasteiger partial charge in [-0.25, -0.2) is 0 Å². The second-order valence-corrected chi connectivity index (χ2v) is 5.44. The minimum Gasteiger partial charge on any atom is -0.489 e. The summed E-state index contributed by atoms with van der Waals surface area (Å²) in [6.45, 7) is 0.605. The van der Waals surface area contributed by atoms with Gasteiger partial charge in [0.05, 0.1) is 0 Å². The van der Waals surface area contributed by atoms with Crippen LogP contribution in [0.2, 0.25) is 0 Å². The van der Waals surface area contributed by atoms with E-state index in [4.69, 9.17) is 4.74 Å². The van der Waals surface area contributed by atoms with Crippen molar-refractivity contribution < 1.29 is 4.74 Å². The lowest BCUT2D eigenvalue weighted by Gasteiger charge is -2.06. The Labute approximate surface area is 137 Å². The van der Waals surface area contributed by atoms with Crippen molar-refractivity contribution in [3.8, 4) is 5.75 Å². The molecule has 0 spiro atoms. The van der Waals surface area contributed by atoms with Crippen LogP contribution >= 0.6 is 0 Å². The van der Waals surface area contributed by atoms with Crippen LogP contribution in [0.1, 0.15) is 16.7 Å². The molecule has 0 saturated carbocycles. The molecule has 3 aromatic carbocycles. The SMILES string of the molecule is C(=C\c1ccccc1)/Cc1ccc(OCc2ccccc2)cc1. The fraction of sp³-hybridized carbons (Fsp3) is 0.0909. The monoisotopic (exact) mass is 300 g/mol. The van der Waals surface area contributed by atoms with Gasteiger partial charge in [-0.2, -0.15) is 0 Å². The van der Waals surface area contributed by atoms with Crippen LogP contribution < -0.4 is 4.74 Å². The minimum atomic E-state index is 0.605. The maximum atomic E-state index is 5.80. The lowest BCUT2D eigenvalue weighted by atomic mass is 10.1. The van der Waals surface area contributed by atoms with Crippen molar-refractivity contribution in [3.63, 3.8) is 0 Å². The largest absolute Gasteiger partial charge is 0.489 e. The van der Waals surface area contributed by atoms with Crippen LogP contribution in [0.25, 0.3) is 6.08 Å². The molecule has 0 amide bonds. The van der Waals surface area contributed by atoms with Gasteiger partial charge < -0.3 is 4.74 Å². The Hall–Kier alpha value is -2.80. The molecule has 0 radical (unpaired) electrons. The molecular formula is C22H20O. The average molecular weight is 300 g/mol. The van der Waals surface area contributed by atoms with Crippen LogP contribution in [0.4, 0.5) is 0 Å². The quantitative estimate of drug-likeness (QED) is 0.582. The Bertz CT molecular complexity index is 728. The topological polar surface area (TPSA) is 9.23 Å². The third-order valence-corrected chi connectivity index (χ3v) is 3.64. The predicted octanol–water partition coefficient (Wildman–Crippen LogP) is 5.52. The summed E-state index contributed by atoms with van der Waals surface area (Å²) in [5, 5.41) is 0. The molecule has 0 bridgehead atoms. The molecule has 0 aromatic heterocycles. The van der Waals surface area contributed by atoms with Gasteiger partial charge in [-0.15, -0.1) is 0 Å². The Morgan fingerprint density at radius 3 is 2.00 bits per heavy atom. The highest BCUT2D eigenvalue weighted by Crippen LogP contribution is 2.15. The summed E-state index contributed by atoms with van der Waals surface area (Å²) in [6, 6.07) is 28.9. The molecule has 0 N–H and O–H groups in total. The van der Waals surface area contributed by atoms with Gasteiger partial charge in [0.2, 0.25) is 0 Å². The fourth-order valence-corrected chi connectivity index (χ4v) is 2.36. The third kappa shape index (κ3) is 4.86. The van der Waals surface area contributed by atoms with Gasteiger partial charge in [0.15, 0.2) is 0 Å². The first-order valence-electron chi connectivity index (χ1n) is 7.87. The number of allylic oxidation sites excluding steroid dienone is 1. The standard InChI is InChI=1S/C22H20O/c1-3-8-19(9-4-1)12-7-13-20-14-16-22(17-15-20)23-18-21-10-5-2-6-11-21/h1-12,14-17H,13,18H2/b12-7+. The molecular weight excluding hydrogens is 280 g/mol. The number of hydrogen-bond donors (Lipinski definition) is 0. The van der Waals surface area contributed by atoms with E-state index in [-0.39, 0.29) is 0 Å². The molecule has 0 heterocycles. The normalized spacial score (nSPS) is 10.8. The molecule has 0 saturated heterocycles. The molecule has 114 valence electrons. The van der Waals surface area contributed by atoms with E-state index >= 15 is 0 Å². The molecule has 23 heavy (non-hydrogen) atoms. The number of ether oxygens (including phenoxy) is 1. The van der Waals surface area contributed by atoms with Gasteiger partial charge >= 0.3 is 0 Å². The average Bonchev–Trinajstić information content (AvgIpc) is 2.63. The molecule has 3 rings (SSSR count). The smallest absolute Gasteiger partial charge is 0.119 e. The lowest BCUT2D eigenvalue weighted by molar-refractivity contribution is 0.306. The molecule has 0 unspecified atom stereocenters. The first-order valence-corrected chi connectivity index (χ1v) is 7.87. The highest BCUT2D eigenvalue weighted by atomic mass is 16.5. The highest BCUT2D eigenvalue weighted by molar-refractivity contribution is 5.49. The van der Waals surface area contributed by atoms with E-state index in [1.807, 2.05) is 36.4 Å². The molecule has 0 fully saturated rings. The molecule has 0 aliphatic carbocycles. The van der Waals surface area contributed by atoms with Crippen LogP contribution in [-0.4, -0.2) is 0 Å². The van der Waals surface area contributed by atoms with Crippen molar-refractivity contribution in [2.24, 2.45) is 0 Å². The Morgan fingerprint density at radius 1 is 0.652 bits per heavy atom. The summed E-state index contributed by atoms with van der Waals surface area (Å²) in [7, 11) is 0. The van der Waals surface area contributed by atoms with Gasteiger partial charge in [-0.05, 0) is 35.2 Å². The van der Waals surface area contributed by atoms with Crippen LogP contribution in [0.5, 0.6) is 5.75 Å². The van der Waals surface area contributed by atoms with Crippen LogP contribution in [0.3, 0.4) is 0 Å². The molecule has 1 nitrogen and oxygen atoms in total. The van der Waals surface area contributed by atoms with Gasteiger partial charge in [0, 0.05) is 0 Å². The summed E-state index contributed by atoms with van der Waals surface area (Å²) < 4.78 is 5.80. The van der Waals surface area contributed by atoms with Gasteiger partial charge in [0.1, 0.15) is 12.4 Å². The molecule has 3 aromatic rings. The number of benzene rings is 3. The maximum Gasteiger partial charge on any atom is 0.119 e. The summed E-state index contributed by atoms with van der Waals surface area (Å²) in [4.78, 5) is 0. The van der Waals surface area contributed by atoms with Crippen LogP contribution in [0, 0.1) is 0 Å². The van der Waals surface area contributed by atoms with Crippen molar-refractivity contribution in [3.05, 3.63) is 108 Å². The van der Waals surface area contributed by atoms with E-state index in [9.17, 15) is 0 Å². The lowest BCUT2D eigenvalue weighted by Crippen LogP contribution is -1.94. The van der Waals surface area contributed by atoms with Crippen LogP contribution in [-0.2, 0) is 13.0 Å². The second-order valence-electron chi connectivity index (χ2n) is 5.44. The summed E-state index contributed by atoms with van der Waals surface area (Å²) in [5.41, 5.74) is 3.70. The first-order chi connectivity index (χ1) is 11.4. The van der Waals surface area contributed by atoms with E-state index in [1.54, 1.807) is 0 Å². The third-order valence-electron chi connectivity index (χ3n) is 3.64. The zero-order chi connectivity index (χ0) is 15.7. The number of rotatable bonds is 6. The van der Waals surface area contributed by atoms with Gasteiger partial charge in [0.25, 0.3) is 0 Å². The second kappa shape index (κ2) is 8.00. The molecule has 0 atom stereocenters. The zero-order valence-corrected chi connectivity index (χ0v) is 13.1. The Balaban J connectivity index is 1.52. The zero-order valence-electron chi connectivity index (χ0n) is 13.1. The van der Waals surface area contributed by atoms with E-state index < -0.39 is 0 Å². The van der Waals surface area contributed by atoms with Crippen molar-refractivity contribution >= 4 is 6.08 Å². The highest BCUT2D eigenvalue weighted by Gasteiger charge is 1.96. The molecule has 1 heteroatoms. The Morgan fingerprint density at radius 2 is 1.30 bits per heavy atom. The van der Waals surface area contributed by atoms with E-state index in [0.29, 0.717) is 6.61 Å². The first kappa shape index (κ1) is 15.1. The number of hydrogen-bond acceptors (Lipinski definition) is 1. The molecule has 0 aliphatic rings. The predicted molar refractivity (Wildman–Crippen MR) is 96.4 cm³/mol. The van der Waals surface area contributed by atoms with Crippen molar-refractivity contribution in [1.82, 2.24) is 0 Å². The maximum absolute atomic E-state index is 5.80. The van der Waals surface area contributed by atoms with Crippen LogP contribution in [0.15, 0.2) is 91.0 Å². The van der Waals surface area contributed by atoms with Gasteiger partial charge in [-0.3, -0.25) is 0 Å². The van der Waals surface area contributed by atoms with E-state index in [2.05, 4.69) is 60.7 Å². The summed E-state index contributed by atoms with van der Waals surface area (Å²) in [6.07, 6.45) is 5.27. The van der Waals surface area contributed by atoms with E-state index in [0.717, 1.165) is 12.2 Å². The van der Waals surface area contributed by atoms with Gasteiger partial charge in [-0.1, -0.05) is 84.9 Å². The fourth-order valence-electron chi connectivity index (χ4n) is 2.36.